The summed E-state index contributed by atoms with van der Waals surface area (Å²) in [5, 5.41) is 9.44. The largest absolute Gasteiger partial charge is 0.381 e. The third kappa shape index (κ3) is 8.67. The van der Waals surface area contributed by atoms with Gasteiger partial charge in [-0.3, -0.25) is 9.79 Å². The van der Waals surface area contributed by atoms with Gasteiger partial charge in [0.15, 0.2) is 5.96 Å². The van der Waals surface area contributed by atoms with Gasteiger partial charge in [-0.2, -0.15) is 0 Å². The molecule has 3 N–H and O–H groups in total. The van der Waals surface area contributed by atoms with Crippen LogP contribution < -0.4 is 16.0 Å². The maximum Gasteiger partial charge on any atom is 0.251 e. The number of hydrogen-bond acceptors (Lipinski definition) is 3. The van der Waals surface area contributed by atoms with Crippen LogP contribution >= 0.6 is 15.9 Å². The average Bonchev–Trinajstić information content (AvgIpc) is 3.46. The van der Waals surface area contributed by atoms with E-state index >= 15 is 0 Å². The van der Waals surface area contributed by atoms with Gasteiger partial charge in [-0.25, -0.2) is 0 Å². The van der Waals surface area contributed by atoms with Crippen LogP contribution in [-0.2, 0) is 4.74 Å². The highest BCUT2D eigenvalue weighted by atomic mass is 79.9. The molecule has 1 saturated carbocycles. The van der Waals surface area contributed by atoms with Gasteiger partial charge in [-0.15, -0.1) is 0 Å². The van der Waals surface area contributed by atoms with Crippen molar-refractivity contribution in [3.63, 3.8) is 0 Å². The van der Waals surface area contributed by atoms with Crippen LogP contribution in [0.1, 0.15) is 36.0 Å². The standard InChI is InChI=1S/C19H29BrN4O2/c1-21-19(24-11-4-12-26-14-15-7-8-15)23-10-3-9-22-18(25)16-5-2-6-17(20)13-16/h2,5-6,13,15H,3-4,7-12,14H2,1H3,(H,22,25)(H2,21,23,24). The first-order valence-corrected chi connectivity index (χ1v) is 10.0. The van der Waals surface area contributed by atoms with Crippen LogP contribution in [-0.4, -0.2) is 51.8 Å². The van der Waals surface area contributed by atoms with Gasteiger partial charge < -0.3 is 20.7 Å². The predicted molar refractivity (Wildman–Crippen MR) is 109 cm³/mol. The van der Waals surface area contributed by atoms with Gasteiger partial charge in [-0.1, -0.05) is 22.0 Å². The zero-order valence-electron chi connectivity index (χ0n) is 15.4. The van der Waals surface area contributed by atoms with E-state index in [9.17, 15) is 4.79 Å². The minimum absolute atomic E-state index is 0.0556. The predicted octanol–water partition coefficient (Wildman–Crippen LogP) is 2.55. The summed E-state index contributed by atoms with van der Waals surface area (Å²) in [5.41, 5.74) is 0.661. The van der Waals surface area contributed by atoms with Crippen LogP contribution in [0.2, 0.25) is 0 Å². The molecule has 26 heavy (non-hydrogen) atoms. The molecule has 0 atom stereocenters. The molecule has 2 rings (SSSR count). The number of ether oxygens (including phenoxy) is 1. The summed E-state index contributed by atoms with van der Waals surface area (Å²) in [6.45, 7) is 3.91. The second-order valence-electron chi connectivity index (χ2n) is 6.42. The Hall–Kier alpha value is -1.60. The fourth-order valence-corrected chi connectivity index (χ4v) is 2.76. The fourth-order valence-electron chi connectivity index (χ4n) is 2.37. The van der Waals surface area contributed by atoms with Crippen LogP contribution in [0.15, 0.2) is 33.7 Å². The maximum atomic E-state index is 12.0. The van der Waals surface area contributed by atoms with Gasteiger partial charge in [-0.05, 0) is 49.8 Å². The Balaban J connectivity index is 1.48. The molecule has 7 heteroatoms. The maximum absolute atomic E-state index is 12.0. The number of benzene rings is 1. The quantitative estimate of drug-likeness (QED) is 0.290. The van der Waals surface area contributed by atoms with Crippen molar-refractivity contribution >= 4 is 27.8 Å². The van der Waals surface area contributed by atoms with Gasteiger partial charge >= 0.3 is 0 Å². The molecule has 0 saturated heterocycles. The Morgan fingerprint density at radius 1 is 1.19 bits per heavy atom. The molecule has 0 aliphatic heterocycles. The second kappa shape index (κ2) is 11.9. The summed E-state index contributed by atoms with van der Waals surface area (Å²) in [5.74, 6) is 1.55. The zero-order valence-corrected chi connectivity index (χ0v) is 17.0. The molecule has 1 aliphatic rings. The monoisotopic (exact) mass is 424 g/mol. The summed E-state index contributed by atoms with van der Waals surface area (Å²) in [4.78, 5) is 16.2. The van der Waals surface area contributed by atoms with E-state index < -0.39 is 0 Å². The first-order valence-electron chi connectivity index (χ1n) is 9.25. The average molecular weight is 425 g/mol. The number of carbonyl (C=O) groups excluding carboxylic acids is 1. The van der Waals surface area contributed by atoms with E-state index in [1.54, 1.807) is 13.1 Å². The van der Waals surface area contributed by atoms with Crippen LogP contribution in [0.4, 0.5) is 0 Å². The normalized spacial score (nSPS) is 14.2. The molecule has 0 radical (unpaired) electrons. The van der Waals surface area contributed by atoms with Gasteiger partial charge in [0.2, 0.25) is 0 Å². The van der Waals surface area contributed by atoms with Gasteiger partial charge in [0, 0.05) is 49.9 Å². The third-order valence-electron chi connectivity index (χ3n) is 4.05. The van der Waals surface area contributed by atoms with Crippen LogP contribution in [0.5, 0.6) is 0 Å². The van der Waals surface area contributed by atoms with E-state index in [4.69, 9.17) is 4.74 Å². The van der Waals surface area contributed by atoms with E-state index in [-0.39, 0.29) is 5.91 Å². The highest BCUT2D eigenvalue weighted by molar-refractivity contribution is 9.10. The molecular weight excluding hydrogens is 396 g/mol. The fraction of sp³-hybridized carbons (Fsp3) is 0.579. The number of hydrogen-bond donors (Lipinski definition) is 3. The van der Waals surface area contributed by atoms with Crippen molar-refractivity contribution in [2.75, 3.05) is 39.9 Å². The number of halogens is 1. The Labute approximate surface area is 164 Å². The highest BCUT2D eigenvalue weighted by Crippen LogP contribution is 2.28. The van der Waals surface area contributed by atoms with E-state index in [1.807, 2.05) is 18.2 Å². The smallest absolute Gasteiger partial charge is 0.251 e. The lowest BCUT2D eigenvalue weighted by molar-refractivity contribution is 0.0953. The SMILES string of the molecule is CN=C(NCCCNC(=O)c1cccc(Br)c1)NCCCOCC1CC1. The molecule has 1 amide bonds. The van der Waals surface area contributed by atoms with Crippen molar-refractivity contribution in [1.82, 2.24) is 16.0 Å². The zero-order chi connectivity index (χ0) is 18.6. The first kappa shape index (κ1) is 20.7. The second-order valence-corrected chi connectivity index (χ2v) is 7.33. The lowest BCUT2D eigenvalue weighted by Gasteiger charge is -2.12. The number of guanidine groups is 1. The molecule has 1 aromatic carbocycles. The molecule has 144 valence electrons. The lowest BCUT2D eigenvalue weighted by atomic mass is 10.2. The number of nitrogens with one attached hydrogen (secondary N) is 3. The number of aliphatic imine (C=N–C) groups is 1. The Bertz CT molecular complexity index is 591. The van der Waals surface area contributed by atoms with Crippen LogP contribution in [0, 0.1) is 5.92 Å². The van der Waals surface area contributed by atoms with Crippen LogP contribution in [0.25, 0.3) is 0 Å². The minimum atomic E-state index is -0.0556. The molecule has 1 fully saturated rings. The Morgan fingerprint density at radius 2 is 1.92 bits per heavy atom. The molecule has 0 aromatic heterocycles. The molecule has 0 unspecified atom stereocenters. The van der Waals surface area contributed by atoms with Crippen molar-refractivity contribution in [1.29, 1.82) is 0 Å². The summed E-state index contributed by atoms with van der Waals surface area (Å²) in [6, 6.07) is 7.37. The van der Waals surface area contributed by atoms with Gasteiger partial charge in [0.25, 0.3) is 5.91 Å². The van der Waals surface area contributed by atoms with E-state index in [0.29, 0.717) is 12.1 Å². The summed E-state index contributed by atoms with van der Waals surface area (Å²) in [6.07, 6.45) is 4.46. The third-order valence-corrected chi connectivity index (χ3v) is 4.54. The molecule has 6 nitrogen and oxygen atoms in total. The number of amides is 1. The van der Waals surface area contributed by atoms with Gasteiger partial charge in [0.1, 0.15) is 0 Å². The molecular formula is C19H29BrN4O2. The summed E-state index contributed by atoms with van der Waals surface area (Å²) in [7, 11) is 1.76. The number of rotatable bonds is 11. The van der Waals surface area contributed by atoms with E-state index in [2.05, 4.69) is 36.9 Å². The summed E-state index contributed by atoms with van der Waals surface area (Å²) < 4.78 is 6.51. The highest BCUT2D eigenvalue weighted by Gasteiger charge is 2.20. The van der Waals surface area contributed by atoms with Crippen molar-refractivity contribution in [2.24, 2.45) is 10.9 Å². The Morgan fingerprint density at radius 3 is 2.62 bits per heavy atom. The molecule has 0 heterocycles. The number of carbonyl (C=O) groups is 1. The molecule has 1 aliphatic carbocycles. The van der Waals surface area contributed by atoms with Crippen molar-refractivity contribution < 1.29 is 9.53 Å². The summed E-state index contributed by atoms with van der Waals surface area (Å²) >= 11 is 3.37. The first-order chi connectivity index (χ1) is 12.7. The lowest BCUT2D eigenvalue weighted by Crippen LogP contribution is -2.39. The van der Waals surface area contributed by atoms with Crippen molar-refractivity contribution in [3.05, 3.63) is 34.3 Å². The van der Waals surface area contributed by atoms with Crippen molar-refractivity contribution in [3.8, 4) is 0 Å². The van der Waals surface area contributed by atoms with E-state index in [1.165, 1.54) is 12.8 Å². The minimum Gasteiger partial charge on any atom is -0.381 e. The Kier molecular flexibility index (Phi) is 9.48. The number of nitrogens with zero attached hydrogens (tertiary/aromatic N) is 1. The van der Waals surface area contributed by atoms with Crippen LogP contribution in [0.3, 0.4) is 0 Å². The topological polar surface area (TPSA) is 74.8 Å². The van der Waals surface area contributed by atoms with Gasteiger partial charge in [0.05, 0.1) is 0 Å². The molecule has 0 spiro atoms. The molecule has 0 bridgehead atoms. The van der Waals surface area contributed by atoms with Crippen molar-refractivity contribution in [2.45, 2.75) is 25.7 Å². The van der Waals surface area contributed by atoms with E-state index in [0.717, 1.165) is 55.5 Å². The molecule has 1 aromatic rings.